The van der Waals surface area contributed by atoms with Gasteiger partial charge in [-0.15, -0.1) is 0 Å². The molecule has 0 amide bonds. The van der Waals surface area contributed by atoms with Gasteiger partial charge in [0.25, 0.3) is 0 Å². The molecule has 0 aliphatic heterocycles. The van der Waals surface area contributed by atoms with E-state index in [9.17, 15) is 0 Å². The summed E-state index contributed by atoms with van der Waals surface area (Å²) in [5.41, 5.74) is 15.5. The molecule has 57 heavy (non-hydrogen) atoms. The van der Waals surface area contributed by atoms with Crippen molar-refractivity contribution in [2.75, 3.05) is 0 Å². The van der Waals surface area contributed by atoms with E-state index in [4.69, 9.17) is 9.97 Å². The van der Waals surface area contributed by atoms with E-state index in [1.807, 2.05) is 6.07 Å². The number of benzene rings is 7. The van der Waals surface area contributed by atoms with Crippen molar-refractivity contribution in [3.8, 4) is 22.3 Å². The van der Waals surface area contributed by atoms with E-state index in [0.717, 1.165) is 58.1 Å². The highest BCUT2D eigenvalue weighted by atomic mass is 15.0. The van der Waals surface area contributed by atoms with Gasteiger partial charge in [0, 0.05) is 17.5 Å². The summed E-state index contributed by atoms with van der Waals surface area (Å²) in [7, 11) is 0. The fraction of sp³-hybridized carbons (Fsp3) is 0.0741. The van der Waals surface area contributed by atoms with Gasteiger partial charge in [-0.3, -0.25) is 4.40 Å². The molecule has 3 aromatic heterocycles. The quantitative estimate of drug-likeness (QED) is 0.181. The summed E-state index contributed by atoms with van der Waals surface area (Å²) in [6, 6.07) is 53.3. The highest BCUT2D eigenvalue weighted by Crippen LogP contribution is 2.47. The van der Waals surface area contributed by atoms with Crippen LogP contribution in [0.3, 0.4) is 0 Å². The fourth-order valence-corrected chi connectivity index (χ4v) is 9.61. The lowest BCUT2D eigenvalue weighted by Gasteiger charge is -2.25. The van der Waals surface area contributed by atoms with E-state index in [1.54, 1.807) is 0 Å². The van der Waals surface area contributed by atoms with Crippen LogP contribution in [0, 0.1) is 0 Å². The van der Waals surface area contributed by atoms with Crippen LogP contribution in [0.4, 0.5) is 0 Å². The van der Waals surface area contributed by atoms with Gasteiger partial charge < -0.3 is 0 Å². The van der Waals surface area contributed by atoms with Crippen LogP contribution in [0.25, 0.3) is 93.8 Å². The molecule has 0 spiro atoms. The number of hydrogen-bond acceptors (Lipinski definition) is 2. The van der Waals surface area contributed by atoms with Crippen molar-refractivity contribution in [1.29, 1.82) is 0 Å². The number of para-hydroxylation sites is 1. The molecule has 3 heteroatoms. The monoisotopic (exact) mass is 727 g/mol. The molecular weight excluding hydrogens is 691 g/mol. The average Bonchev–Trinajstić information content (AvgIpc) is 3.68. The Labute approximate surface area is 330 Å². The molecule has 1 unspecified atom stereocenters. The molecule has 0 fully saturated rings. The third-order valence-electron chi connectivity index (χ3n) is 12.3. The summed E-state index contributed by atoms with van der Waals surface area (Å²) in [5.74, 6) is 0.233. The van der Waals surface area contributed by atoms with Gasteiger partial charge in [0.1, 0.15) is 11.2 Å². The Morgan fingerprint density at radius 2 is 1.32 bits per heavy atom. The van der Waals surface area contributed by atoms with Crippen molar-refractivity contribution in [2.45, 2.75) is 25.2 Å². The molecule has 0 saturated heterocycles. The fourth-order valence-electron chi connectivity index (χ4n) is 9.61. The van der Waals surface area contributed by atoms with Crippen LogP contribution in [-0.4, -0.2) is 14.4 Å². The van der Waals surface area contributed by atoms with Crippen molar-refractivity contribution in [1.82, 2.24) is 14.4 Å². The van der Waals surface area contributed by atoms with Crippen LogP contribution >= 0.6 is 0 Å². The Hall–Kier alpha value is -7.10. The summed E-state index contributed by atoms with van der Waals surface area (Å²) in [5, 5.41) is 8.78. The van der Waals surface area contributed by atoms with Crippen LogP contribution in [0.2, 0.25) is 0 Å². The topological polar surface area (TPSA) is 30.2 Å². The summed E-state index contributed by atoms with van der Waals surface area (Å²) in [6.07, 6.45) is 16.9. The van der Waals surface area contributed by atoms with Gasteiger partial charge in [0.15, 0.2) is 0 Å². The molecule has 2 aliphatic carbocycles. The van der Waals surface area contributed by atoms with E-state index in [1.165, 1.54) is 71.3 Å². The minimum Gasteiger partial charge on any atom is -0.298 e. The smallest absolute Gasteiger partial charge is 0.137 e. The third-order valence-corrected chi connectivity index (χ3v) is 12.3. The van der Waals surface area contributed by atoms with Gasteiger partial charge in [0.05, 0.1) is 16.7 Å². The molecular formula is C54H37N3. The number of pyridine rings is 2. The van der Waals surface area contributed by atoms with Crippen molar-refractivity contribution in [2.24, 2.45) is 0 Å². The number of hydrogen-bond donors (Lipinski definition) is 0. The van der Waals surface area contributed by atoms with E-state index < -0.39 is 0 Å². The van der Waals surface area contributed by atoms with Gasteiger partial charge in [-0.25, -0.2) is 9.97 Å². The van der Waals surface area contributed by atoms with Gasteiger partial charge in [-0.1, -0.05) is 140 Å². The van der Waals surface area contributed by atoms with Crippen LogP contribution in [-0.2, 0) is 6.42 Å². The molecule has 1 atom stereocenters. The van der Waals surface area contributed by atoms with Crippen molar-refractivity contribution < 1.29 is 0 Å². The number of nitrogens with zero attached hydrogens (tertiary/aromatic N) is 3. The molecule has 10 aromatic rings. The molecule has 7 aromatic carbocycles. The summed E-state index contributed by atoms with van der Waals surface area (Å²) < 4.78 is 2.19. The molecule has 268 valence electrons. The average molecular weight is 728 g/mol. The minimum atomic E-state index is 0.233. The molecule has 12 rings (SSSR count). The first-order valence-electron chi connectivity index (χ1n) is 20.1. The van der Waals surface area contributed by atoms with Gasteiger partial charge in [-0.2, -0.15) is 0 Å². The zero-order valence-corrected chi connectivity index (χ0v) is 31.4. The van der Waals surface area contributed by atoms with Gasteiger partial charge in [0.2, 0.25) is 0 Å². The number of imidazole rings is 1. The second-order valence-electron chi connectivity index (χ2n) is 15.6. The molecule has 0 N–H and O–H groups in total. The first-order chi connectivity index (χ1) is 28.2. The summed E-state index contributed by atoms with van der Waals surface area (Å²) >= 11 is 0. The first-order valence-corrected chi connectivity index (χ1v) is 20.1. The molecule has 0 saturated carbocycles. The van der Waals surface area contributed by atoms with Gasteiger partial charge >= 0.3 is 0 Å². The van der Waals surface area contributed by atoms with E-state index in [0.29, 0.717) is 0 Å². The zero-order chi connectivity index (χ0) is 37.5. The second kappa shape index (κ2) is 12.7. The largest absolute Gasteiger partial charge is 0.298 e. The Morgan fingerprint density at radius 3 is 2.11 bits per heavy atom. The highest BCUT2D eigenvalue weighted by Gasteiger charge is 2.24. The van der Waals surface area contributed by atoms with E-state index in [-0.39, 0.29) is 5.92 Å². The van der Waals surface area contributed by atoms with Crippen molar-refractivity contribution in [3.05, 3.63) is 198 Å². The van der Waals surface area contributed by atoms with E-state index >= 15 is 0 Å². The minimum absolute atomic E-state index is 0.233. The standard InChI is InChI=1S/C54H37N3/c1-3-13-38-31-41(26-22-34(38)11-1)50-43-15-5-6-16-44(43)51(42-27-23-35-12-2-4-14-39(35)32-42)47-33-40(28-29-45(47)50)36-20-24-37(25-21-36)52-54-53(46-17-7-8-18-48(46)55-52)56-49-19-9-10-30-57(49)54/h1-4,6-14,16-20,22-33,36H,5,15,21H2. The Kier molecular flexibility index (Phi) is 7.18. The SMILES string of the molecule is C1=Cc2c(c(-c3ccc4ccccc4c3)c3ccc(C4C=CC(c5nc6ccccc6c6nc7ccccn7c56)=CC4)cc3c2-c2ccc3ccccc3c2)CC1. The van der Waals surface area contributed by atoms with Crippen molar-refractivity contribution in [3.63, 3.8) is 0 Å². The molecule has 3 heterocycles. The molecule has 0 radical (unpaired) electrons. The van der Waals surface area contributed by atoms with Crippen LogP contribution in [0.15, 0.2) is 176 Å². The predicted molar refractivity (Wildman–Crippen MR) is 240 cm³/mol. The van der Waals surface area contributed by atoms with Crippen LogP contribution in [0.5, 0.6) is 0 Å². The lowest BCUT2D eigenvalue weighted by atomic mass is 9.78. The van der Waals surface area contributed by atoms with Crippen LogP contribution < -0.4 is 0 Å². The maximum atomic E-state index is 5.27. The molecule has 2 aliphatic rings. The zero-order valence-electron chi connectivity index (χ0n) is 31.4. The highest BCUT2D eigenvalue weighted by molar-refractivity contribution is 6.12. The lowest BCUT2D eigenvalue weighted by molar-refractivity contribution is 0.858. The number of fused-ring (bicyclic) bond motifs is 9. The Morgan fingerprint density at radius 1 is 0.579 bits per heavy atom. The second-order valence-corrected chi connectivity index (χ2v) is 15.6. The molecule has 0 bridgehead atoms. The van der Waals surface area contributed by atoms with Crippen molar-refractivity contribution >= 4 is 71.5 Å². The van der Waals surface area contributed by atoms with E-state index in [2.05, 4.69) is 181 Å². The summed E-state index contributed by atoms with van der Waals surface area (Å²) in [4.78, 5) is 10.3. The number of allylic oxidation sites excluding steroid dienone is 5. The normalized spacial score (nSPS) is 15.3. The first kappa shape index (κ1) is 32.2. The van der Waals surface area contributed by atoms with Gasteiger partial charge in [-0.05, 0) is 132 Å². The Bertz CT molecular complexity index is 3390. The summed E-state index contributed by atoms with van der Waals surface area (Å²) in [6.45, 7) is 0. The predicted octanol–water partition coefficient (Wildman–Crippen LogP) is 13.9. The number of aromatic nitrogens is 3. The maximum absolute atomic E-state index is 5.27. The number of rotatable bonds is 4. The van der Waals surface area contributed by atoms with Crippen LogP contribution in [0.1, 0.15) is 41.1 Å². The third kappa shape index (κ3) is 5.12. The lowest BCUT2D eigenvalue weighted by Crippen LogP contribution is -2.04. The Balaban J connectivity index is 1.03. The maximum Gasteiger partial charge on any atom is 0.137 e. The molecule has 3 nitrogen and oxygen atoms in total.